The number of allylic oxidation sites excluding steroid dienone is 4. The molecule has 0 unspecified atom stereocenters. The highest BCUT2D eigenvalue weighted by molar-refractivity contribution is 6.37. The van der Waals surface area contributed by atoms with Gasteiger partial charge in [-0.2, -0.15) is 0 Å². The lowest BCUT2D eigenvalue weighted by molar-refractivity contribution is 1.18. The maximum absolute atomic E-state index is 8.09. The molecule has 18 aromatic rings. The zero-order valence-electron chi connectivity index (χ0n) is 46.2. The first-order valence-corrected chi connectivity index (χ1v) is 29.2. The van der Waals surface area contributed by atoms with E-state index >= 15 is 0 Å². The fourth-order valence-corrected chi connectivity index (χ4v) is 14.7. The molecule has 0 amide bonds. The topological polar surface area (TPSA) is 45.7 Å². The van der Waals surface area contributed by atoms with Gasteiger partial charge >= 0.3 is 0 Å². The van der Waals surface area contributed by atoms with E-state index in [0.29, 0.717) is 5.82 Å². The van der Waals surface area contributed by atoms with Crippen LogP contribution in [-0.2, 0) is 0 Å². The van der Waals surface area contributed by atoms with E-state index in [-0.39, 0.29) is 0 Å². The number of para-hydroxylation sites is 2. The van der Waals surface area contributed by atoms with Gasteiger partial charge in [0, 0.05) is 81.7 Å². The van der Waals surface area contributed by atoms with E-state index in [1.54, 1.807) is 0 Å². The zero-order chi connectivity index (χ0) is 56.0. The van der Waals surface area contributed by atoms with E-state index < -0.39 is 0 Å². The third-order valence-electron chi connectivity index (χ3n) is 18.1. The number of hydrogen-bond donors (Lipinski definition) is 1. The van der Waals surface area contributed by atoms with Crippen LogP contribution >= 0.6 is 0 Å². The van der Waals surface area contributed by atoms with E-state index in [9.17, 15) is 0 Å². The third kappa shape index (κ3) is 6.69. The fraction of sp³-hybridized carbons (Fsp3) is 0. The zero-order valence-corrected chi connectivity index (χ0v) is 46.2. The van der Waals surface area contributed by atoms with Crippen LogP contribution in [0, 0.1) is 0 Å². The number of fused-ring (bicyclic) bond motifs is 25. The summed E-state index contributed by atoms with van der Waals surface area (Å²) < 4.78 is 9.73. The first-order valence-electron chi connectivity index (χ1n) is 29.2. The normalized spacial score (nSPS) is 12.7. The molecular weight excluding hydrogens is 1030 g/mol. The van der Waals surface area contributed by atoms with Gasteiger partial charge in [-0.05, 0) is 92.0 Å². The van der Waals surface area contributed by atoms with Crippen molar-refractivity contribution in [1.29, 1.82) is 0 Å². The molecule has 18 rings (SSSR count). The molecule has 0 fully saturated rings. The van der Waals surface area contributed by atoms with Gasteiger partial charge in [-0.25, -0.2) is 0 Å². The molecule has 0 saturated heterocycles. The maximum atomic E-state index is 8.09. The van der Waals surface area contributed by atoms with Gasteiger partial charge in [0.15, 0.2) is 0 Å². The Morgan fingerprint density at radius 1 is 0.282 bits per heavy atom. The lowest BCUT2D eigenvalue weighted by Crippen LogP contribution is -2.07. The summed E-state index contributed by atoms with van der Waals surface area (Å²) in [5.41, 5.74) is 22.0. The van der Waals surface area contributed by atoms with E-state index in [0.717, 1.165) is 105 Å². The molecule has 0 spiro atoms. The Bertz CT molecular complexity index is 5970. The molecule has 0 aliphatic rings. The van der Waals surface area contributed by atoms with Gasteiger partial charge < -0.3 is 19.4 Å². The van der Waals surface area contributed by atoms with E-state index in [4.69, 9.17) is 12.3 Å². The van der Waals surface area contributed by atoms with E-state index in [2.05, 4.69) is 303 Å². The Labute approximate surface area is 488 Å². The van der Waals surface area contributed by atoms with Crippen LogP contribution in [0.5, 0.6) is 0 Å². The van der Waals surface area contributed by atoms with Crippen LogP contribution in [0.1, 0.15) is 5.56 Å². The summed E-state index contributed by atoms with van der Waals surface area (Å²) in [6.07, 6.45) is 4.44. The fourth-order valence-electron chi connectivity index (χ4n) is 14.7. The van der Waals surface area contributed by atoms with Gasteiger partial charge in [0.1, 0.15) is 5.82 Å². The first-order chi connectivity index (χ1) is 42.1. The average Bonchev–Trinajstić information content (AvgIpc) is 1.76. The summed E-state index contributed by atoms with van der Waals surface area (Å²) in [4.78, 5) is 0. The molecular formula is C80H51N5. The van der Waals surface area contributed by atoms with Gasteiger partial charge in [0.2, 0.25) is 0 Å². The Kier molecular flexibility index (Phi) is 10.0. The molecule has 5 nitrogen and oxygen atoms in total. The van der Waals surface area contributed by atoms with Crippen molar-refractivity contribution in [1.82, 2.24) is 18.3 Å². The van der Waals surface area contributed by atoms with Gasteiger partial charge in [-0.1, -0.05) is 243 Å². The highest BCUT2D eigenvalue weighted by Gasteiger charge is 2.27. The second-order valence-corrected chi connectivity index (χ2v) is 22.6. The second-order valence-electron chi connectivity index (χ2n) is 22.6. The van der Waals surface area contributed by atoms with Gasteiger partial charge in [-0.3, -0.25) is 4.57 Å². The second kappa shape index (κ2) is 18.0. The first kappa shape index (κ1) is 47.3. The summed E-state index contributed by atoms with van der Waals surface area (Å²) in [5.74, 6) is 0.589. The maximum Gasteiger partial charge on any atom is 0.108 e. The molecule has 14 aromatic carbocycles. The number of benzene rings is 14. The number of rotatable bonds is 7. The molecule has 396 valence electrons. The molecule has 4 heterocycles. The predicted octanol–water partition coefficient (Wildman–Crippen LogP) is 20.9. The summed E-state index contributed by atoms with van der Waals surface area (Å²) in [7, 11) is 0. The van der Waals surface area contributed by atoms with Crippen molar-refractivity contribution >= 4 is 158 Å². The highest BCUT2D eigenvalue weighted by atomic mass is 15.1. The third-order valence-corrected chi connectivity index (χ3v) is 18.1. The summed E-state index contributed by atoms with van der Waals surface area (Å²) in [6, 6.07) is 99.3. The highest BCUT2D eigenvalue weighted by Crippen LogP contribution is 2.49. The molecule has 2 N–H and O–H groups in total. The van der Waals surface area contributed by atoms with Crippen LogP contribution in [0.2, 0.25) is 0 Å². The van der Waals surface area contributed by atoms with Crippen LogP contribution in [0.4, 0.5) is 0 Å². The standard InChI is InChI=1S/C80H51N5/c1-49(82-69-45-43-65-64-40-37-51-23-11-14-30-57(51)75(64)84(56-28-9-4-10-29-56)79(65)73(69)67-41-38-52-24-12-15-31-58(52)76(67)82)47-54(50-21-5-2-6-22-50)48-71(81)85-78-63-36-20-18-34-61(63)60-33-17-19-35-62(60)72(78)66-44-46-70-74(80(66)85)68-42-39-53-25-13-16-32-59(53)77(68)83(70)55-26-7-3-8-27-55/h2-48H,1,81H2/b54-47+,71-48+. The molecule has 4 aromatic heterocycles. The van der Waals surface area contributed by atoms with Gasteiger partial charge in [-0.15, -0.1) is 0 Å². The minimum absolute atomic E-state index is 0.589. The van der Waals surface area contributed by atoms with Crippen molar-refractivity contribution < 1.29 is 0 Å². The lowest BCUT2D eigenvalue weighted by Gasteiger charge is -2.15. The van der Waals surface area contributed by atoms with E-state index in [1.807, 2.05) is 0 Å². The Morgan fingerprint density at radius 3 is 1.32 bits per heavy atom. The van der Waals surface area contributed by atoms with Crippen molar-refractivity contribution in [2.45, 2.75) is 0 Å². The van der Waals surface area contributed by atoms with Crippen molar-refractivity contribution in [2.75, 3.05) is 0 Å². The Hall–Kier alpha value is -11.4. The smallest absolute Gasteiger partial charge is 0.108 e. The molecule has 0 aliphatic heterocycles. The quantitative estimate of drug-likeness (QED) is 0.125. The van der Waals surface area contributed by atoms with Gasteiger partial charge in [0.25, 0.3) is 0 Å². The number of aromatic nitrogens is 4. The number of hydrogen-bond acceptors (Lipinski definition) is 1. The van der Waals surface area contributed by atoms with Crippen LogP contribution in [-0.4, -0.2) is 18.3 Å². The SMILES string of the molecule is C=C(/C=C(\C=C(/N)n1c2c3ccccc3c3ccccc3c2c2ccc3c(c4ccc5ccccc5c4n3-c3ccccc3)c21)c1ccccc1)n1c2ccc3c4ccc5ccccc5c4n(-c4ccccc4)c3c2c2ccc3ccccc3c21. The number of nitrogens with zero attached hydrogens (tertiary/aromatic N) is 4. The molecule has 0 saturated carbocycles. The average molecular weight is 1080 g/mol. The Balaban J connectivity index is 0.958. The minimum Gasteiger partial charge on any atom is -0.385 e. The molecule has 0 bridgehead atoms. The van der Waals surface area contributed by atoms with Crippen LogP contribution in [0.15, 0.2) is 292 Å². The van der Waals surface area contributed by atoms with Crippen LogP contribution < -0.4 is 5.73 Å². The van der Waals surface area contributed by atoms with Crippen molar-refractivity contribution in [3.8, 4) is 11.4 Å². The molecule has 5 heteroatoms. The van der Waals surface area contributed by atoms with E-state index in [1.165, 1.54) is 64.8 Å². The lowest BCUT2D eigenvalue weighted by atomic mass is 9.96. The molecule has 0 atom stereocenters. The van der Waals surface area contributed by atoms with Crippen LogP contribution in [0.3, 0.4) is 0 Å². The van der Waals surface area contributed by atoms with Crippen molar-refractivity contribution in [3.05, 3.63) is 297 Å². The largest absolute Gasteiger partial charge is 0.385 e. The molecule has 85 heavy (non-hydrogen) atoms. The van der Waals surface area contributed by atoms with Gasteiger partial charge in [0.05, 0.1) is 44.1 Å². The van der Waals surface area contributed by atoms with Crippen LogP contribution in [0.25, 0.3) is 170 Å². The molecule has 0 radical (unpaired) electrons. The summed E-state index contributed by atoms with van der Waals surface area (Å²) >= 11 is 0. The summed E-state index contributed by atoms with van der Waals surface area (Å²) in [6.45, 7) is 5.09. The minimum atomic E-state index is 0.589. The van der Waals surface area contributed by atoms with Crippen molar-refractivity contribution in [2.24, 2.45) is 5.73 Å². The monoisotopic (exact) mass is 1080 g/mol. The van der Waals surface area contributed by atoms with Crippen molar-refractivity contribution in [3.63, 3.8) is 0 Å². The Morgan fingerprint density at radius 2 is 0.682 bits per heavy atom. The summed E-state index contributed by atoms with van der Waals surface area (Å²) in [5, 5.41) is 21.2. The predicted molar refractivity (Wildman–Crippen MR) is 363 cm³/mol. The number of nitrogens with two attached hydrogens (primary N) is 1. The molecule has 0 aliphatic carbocycles.